The molecule has 2 unspecified atom stereocenters. The number of hydrogen-bond donors (Lipinski definition) is 1. The summed E-state index contributed by atoms with van der Waals surface area (Å²) in [6.07, 6.45) is 1.32. The van der Waals surface area contributed by atoms with Crippen LogP contribution in [-0.2, 0) is 14.3 Å². The van der Waals surface area contributed by atoms with E-state index in [1.54, 1.807) is 0 Å². The number of ether oxygens (including phenoxy) is 1. The van der Waals surface area contributed by atoms with E-state index in [-0.39, 0.29) is 17.9 Å². The lowest BCUT2D eigenvalue weighted by Gasteiger charge is -1.94. The average molecular weight is 143 g/mol. The zero-order valence-corrected chi connectivity index (χ0v) is 5.66. The number of amides is 1. The van der Waals surface area contributed by atoms with Crippen LogP contribution in [0, 0.1) is 5.92 Å². The SMILES string of the molecule is COC(=O)C1CC1NC=O. The first-order valence-electron chi connectivity index (χ1n) is 3.07. The molecule has 4 heteroatoms. The lowest BCUT2D eigenvalue weighted by Crippen LogP contribution is -2.19. The normalized spacial score (nSPS) is 28.9. The second-order valence-electron chi connectivity index (χ2n) is 2.26. The first-order valence-corrected chi connectivity index (χ1v) is 3.07. The van der Waals surface area contributed by atoms with Crippen LogP contribution in [0.1, 0.15) is 6.42 Å². The number of hydrogen-bond acceptors (Lipinski definition) is 3. The van der Waals surface area contributed by atoms with Gasteiger partial charge in [-0.15, -0.1) is 0 Å². The molecular weight excluding hydrogens is 134 g/mol. The topological polar surface area (TPSA) is 55.4 Å². The van der Waals surface area contributed by atoms with E-state index in [0.29, 0.717) is 12.8 Å². The van der Waals surface area contributed by atoms with Crippen molar-refractivity contribution in [3.05, 3.63) is 0 Å². The van der Waals surface area contributed by atoms with Crippen LogP contribution in [0.5, 0.6) is 0 Å². The third-order valence-corrected chi connectivity index (χ3v) is 1.58. The van der Waals surface area contributed by atoms with Crippen LogP contribution in [0.15, 0.2) is 0 Å². The lowest BCUT2D eigenvalue weighted by molar-refractivity contribution is -0.142. The summed E-state index contributed by atoms with van der Waals surface area (Å²) in [7, 11) is 1.35. The van der Waals surface area contributed by atoms with E-state index in [1.165, 1.54) is 7.11 Å². The van der Waals surface area contributed by atoms with Crippen molar-refractivity contribution >= 4 is 12.4 Å². The maximum atomic E-state index is 10.7. The fourth-order valence-corrected chi connectivity index (χ4v) is 0.878. The Kier molecular flexibility index (Phi) is 1.89. The molecule has 0 aromatic heterocycles. The molecular formula is C6H9NO3. The van der Waals surface area contributed by atoms with Crippen LogP contribution < -0.4 is 5.32 Å². The van der Waals surface area contributed by atoms with Gasteiger partial charge in [0.1, 0.15) is 0 Å². The minimum Gasteiger partial charge on any atom is -0.469 e. The molecule has 0 radical (unpaired) electrons. The molecule has 0 spiro atoms. The molecule has 0 bridgehead atoms. The molecule has 1 aliphatic rings. The fourth-order valence-electron chi connectivity index (χ4n) is 0.878. The van der Waals surface area contributed by atoms with Gasteiger partial charge >= 0.3 is 5.97 Å². The van der Waals surface area contributed by atoms with Crippen molar-refractivity contribution in [2.45, 2.75) is 12.5 Å². The number of carbonyl (C=O) groups excluding carboxylic acids is 2. The van der Waals surface area contributed by atoms with Crippen molar-refractivity contribution in [2.75, 3.05) is 7.11 Å². The third-order valence-electron chi connectivity index (χ3n) is 1.58. The predicted molar refractivity (Wildman–Crippen MR) is 33.1 cm³/mol. The van der Waals surface area contributed by atoms with Gasteiger partial charge in [0.15, 0.2) is 0 Å². The van der Waals surface area contributed by atoms with E-state index in [0.717, 1.165) is 0 Å². The Hall–Kier alpha value is -1.06. The zero-order chi connectivity index (χ0) is 7.56. The number of rotatable bonds is 3. The Labute approximate surface area is 58.5 Å². The molecule has 1 saturated carbocycles. The van der Waals surface area contributed by atoms with Gasteiger partial charge in [-0.05, 0) is 6.42 Å². The van der Waals surface area contributed by atoms with Crippen molar-refractivity contribution in [1.29, 1.82) is 0 Å². The van der Waals surface area contributed by atoms with Crippen LogP contribution in [-0.4, -0.2) is 25.5 Å². The maximum absolute atomic E-state index is 10.7. The highest BCUT2D eigenvalue weighted by Gasteiger charge is 2.43. The van der Waals surface area contributed by atoms with Crippen molar-refractivity contribution < 1.29 is 14.3 Å². The van der Waals surface area contributed by atoms with Gasteiger partial charge in [-0.2, -0.15) is 0 Å². The Balaban J connectivity index is 2.24. The summed E-state index contributed by atoms with van der Waals surface area (Å²) < 4.78 is 4.46. The molecule has 1 amide bonds. The molecule has 0 heterocycles. The summed E-state index contributed by atoms with van der Waals surface area (Å²) in [5, 5.41) is 2.50. The highest BCUT2D eigenvalue weighted by molar-refractivity contribution is 5.77. The average Bonchev–Trinajstić information content (AvgIpc) is 2.67. The van der Waals surface area contributed by atoms with Crippen molar-refractivity contribution in [3.8, 4) is 0 Å². The first-order chi connectivity index (χ1) is 4.79. The molecule has 0 aromatic rings. The van der Waals surface area contributed by atoms with Gasteiger partial charge in [-0.3, -0.25) is 9.59 Å². The molecule has 1 rings (SSSR count). The molecule has 2 atom stereocenters. The van der Waals surface area contributed by atoms with Gasteiger partial charge in [-0.25, -0.2) is 0 Å². The Bertz CT molecular complexity index is 157. The second-order valence-corrected chi connectivity index (χ2v) is 2.26. The van der Waals surface area contributed by atoms with E-state index in [4.69, 9.17) is 0 Å². The third kappa shape index (κ3) is 1.26. The van der Waals surface area contributed by atoms with Crippen molar-refractivity contribution in [2.24, 2.45) is 5.92 Å². The molecule has 4 nitrogen and oxygen atoms in total. The second kappa shape index (κ2) is 2.68. The molecule has 1 fully saturated rings. The van der Waals surface area contributed by atoms with E-state index in [2.05, 4.69) is 10.1 Å². The van der Waals surface area contributed by atoms with Crippen LogP contribution in [0.25, 0.3) is 0 Å². The minimum atomic E-state index is -0.237. The Morgan fingerprint density at radius 1 is 1.80 bits per heavy atom. The standard InChI is InChI=1S/C6H9NO3/c1-10-6(9)4-2-5(4)7-3-8/h3-5H,2H2,1H3,(H,7,8). The summed E-state index contributed by atoms with van der Waals surface area (Å²) in [4.78, 5) is 20.5. The van der Waals surface area contributed by atoms with Crippen molar-refractivity contribution in [3.63, 3.8) is 0 Å². The fraction of sp³-hybridized carbons (Fsp3) is 0.667. The number of nitrogens with one attached hydrogen (secondary N) is 1. The van der Waals surface area contributed by atoms with E-state index < -0.39 is 0 Å². The zero-order valence-electron chi connectivity index (χ0n) is 5.66. The van der Waals surface area contributed by atoms with Crippen LogP contribution >= 0.6 is 0 Å². The Morgan fingerprint density at radius 2 is 2.50 bits per heavy atom. The summed E-state index contributed by atoms with van der Waals surface area (Å²) in [5.74, 6) is -0.338. The maximum Gasteiger partial charge on any atom is 0.310 e. The highest BCUT2D eigenvalue weighted by atomic mass is 16.5. The summed E-state index contributed by atoms with van der Waals surface area (Å²) >= 11 is 0. The molecule has 56 valence electrons. The molecule has 0 aromatic carbocycles. The van der Waals surface area contributed by atoms with Crippen LogP contribution in [0.3, 0.4) is 0 Å². The van der Waals surface area contributed by atoms with Crippen LogP contribution in [0.2, 0.25) is 0 Å². The summed E-state index contributed by atoms with van der Waals surface area (Å²) in [6, 6.07) is 0.0185. The van der Waals surface area contributed by atoms with Gasteiger partial charge in [0, 0.05) is 6.04 Å². The molecule has 1 N–H and O–H groups in total. The van der Waals surface area contributed by atoms with E-state index >= 15 is 0 Å². The summed E-state index contributed by atoms with van der Waals surface area (Å²) in [6.45, 7) is 0. The predicted octanol–water partition coefficient (Wildman–Crippen LogP) is -0.706. The molecule has 0 saturated heterocycles. The molecule has 0 aliphatic heterocycles. The number of methoxy groups -OCH3 is 1. The van der Waals surface area contributed by atoms with Gasteiger partial charge in [0.2, 0.25) is 6.41 Å². The van der Waals surface area contributed by atoms with E-state index in [1.807, 2.05) is 0 Å². The smallest absolute Gasteiger partial charge is 0.310 e. The van der Waals surface area contributed by atoms with Crippen LogP contribution in [0.4, 0.5) is 0 Å². The highest BCUT2D eigenvalue weighted by Crippen LogP contribution is 2.30. The molecule has 10 heavy (non-hydrogen) atoms. The van der Waals surface area contributed by atoms with Crippen molar-refractivity contribution in [1.82, 2.24) is 5.32 Å². The van der Waals surface area contributed by atoms with Gasteiger partial charge in [-0.1, -0.05) is 0 Å². The monoisotopic (exact) mass is 143 g/mol. The van der Waals surface area contributed by atoms with Gasteiger partial charge in [0.05, 0.1) is 13.0 Å². The number of carbonyl (C=O) groups is 2. The Morgan fingerprint density at radius 3 is 3.00 bits per heavy atom. The first kappa shape index (κ1) is 7.05. The van der Waals surface area contributed by atoms with E-state index in [9.17, 15) is 9.59 Å². The molecule has 1 aliphatic carbocycles. The largest absolute Gasteiger partial charge is 0.469 e. The summed E-state index contributed by atoms with van der Waals surface area (Å²) in [5.41, 5.74) is 0. The minimum absolute atomic E-state index is 0.0185. The number of esters is 1. The van der Waals surface area contributed by atoms with Gasteiger partial charge < -0.3 is 10.1 Å². The lowest BCUT2D eigenvalue weighted by atomic mass is 10.4. The van der Waals surface area contributed by atoms with Gasteiger partial charge in [0.25, 0.3) is 0 Å². The quantitative estimate of drug-likeness (QED) is 0.419.